The molecule has 1 amide bonds. The van der Waals surface area contributed by atoms with Gasteiger partial charge in [0.05, 0.1) is 19.7 Å². The standard InChI is InChI=1S/C24H28N2O3S2/c1-15-10-17(3)23(11-16(15)2)31(28,29)20-6-4-18(5-7-20)13-26-24(27)21-12-19-8-9-25-14-22(19)30-21/h4-9,12,14-17,23H,10-11,13H2,1-3H3,(H,26,27). The van der Waals surface area contributed by atoms with Crippen molar-refractivity contribution in [3.8, 4) is 0 Å². The Balaban J connectivity index is 1.42. The number of hydrogen-bond acceptors (Lipinski definition) is 5. The Hall–Kier alpha value is -2.25. The molecule has 7 heteroatoms. The van der Waals surface area contributed by atoms with E-state index in [1.165, 1.54) is 11.3 Å². The third-order valence-electron chi connectivity index (χ3n) is 6.60. The molecular formula is C24H28N2O3S2. The fourth-order valence-electron chi connectivity index (χ4n) is 4.47. The van der Waals surface area contributed by atoms with Crippen LogP contribution in [0.2, 0.25) is 0 Å². The van der Waals surface area contributed by atoms with Gasteiger partial charge in [0.15, 0.2) is 9.84 Å². The van der Waals surface area contributed by atoms with Crippen molar-refractivity contribution in [2.45, 2.75) is 50.3 Å². The molecule has 4 atom stereocenters. The third-order valence-corrected chi connectivity index (χ3v) is 10.1. The summed E-state index contributed by atoms with van der Waals surface area (Å²) in [4.78, 5) is 17.6. The van der Waals surface area contributed by atoms with Crippen molar-refractivity contribution in [2.75, 3.05) is 0 Å². The second-order valence-electron chi connectivity index (χ2n) is 8.84. The molecule has 3 aromatic rings. The van der Waals surface area contributed by atoms with Gasteiger partial charge < -0.3 is 5.32 Å². The summed E-state index contributed by atoms with van der Waals surface area (Å²) in [5, 5.41) is 3.59. The highest BCUT2D eigenvalue weighted by atomic mass is 32.2. The summed E-state index contributed by atoms with van der Waals surface area (Å²) in [7, 11) is -3.37. The molecule has 1 aromatic carbocycles. The van der Waals surface area contributed by atoms with Crippen LogP contribution in [0, 0.1) is 17.8 Å². The largest absolute Gasteiger partial charge is 0.347 e. The molecule has 1 aliphatic rings. The number of rotatable bonds is 5. The number of amides is 1. The first-order chi connectivity index (χ1) is 14.8. The number of carbonyl (C=O) groups excluding carboxylic acids is 1. The van der Waals surface area contributed by atoms with Crippen LogP contribution in [0.15, 0.2) is 53.7 Å². The molecule has 4 unspecified atom stereocenters. The Labute approximate surface area is 187 Å². The lowest BCUT2D eigenvalue weighted by molar-refractivity contribution is 0.0955. The predicted octanol–water partition coefficient (Wildman–Crippen LogP) is 5.07. The molecule has 1 fully saturated rings. The number of thiophene rings is 1. The first kappa shape index (κ1) is 22.0. The molecule has 31 heavy (non-hydrogen) atoms. The molecular weight excluding hydrogens is 428 g/mol. The van der Waals surface area contributed by atoms with E-state index in [2.05, 4.69) is 31.1 Å². The van der Waals surface area contributed by atoms with Gasteiger partial charge in [0.2, 0.25) is 0 Å². The molecule has 4 rings (SSSR count). The lowest BCUT2D eigenvalue weighted by Crippen LogP contribution is -2.37. The maximum absolute atomic E-state index is 13.2. The Morgan fingerprint density at radius 3 is 2.48 bits per heavy atom. The summed E-state index contributed by atoms with van der Waals surface area (Å²) in [6, 6.07) is 10.7. The van der Waals surface area contributed by atoms with Crippen LogP contribution in [0.25, 0.3) is 10.1 Å². The van der Waals surface area contributed by atoms with Crippen LogP contribution in [-0.4, -0.2) is 24.6 Å². The molecule has 0 spiro atoms. The van der Waals surface area contributed by atoms with E-state index in [9.17, 15) is 13.2 Å². The lowest BCUT2D eigenvalue weighted by atomic mass is 9.76. The van der Waals surface area contributed by atoms with Gasteiger partial charge in [0.25, 0.3) is 5.91 Å². The van der Waals surface area contributed by atoms with Crippen LogP contribution in [0.3, 0.4) is 0 Å². The van der Waals surface area contributed by atoms with Gasteiger partial charge in [-0.3, -0.25) is 9.78 Å². The number of fused-ring (bicyclic) bond motifs is 1. The van der Waals surface area contributed by atoms with Gasteiger partial charge in [-0.2, -0.15) is 0 Å². The minimum absolute atomic E-state index is 0.142. The number of hydrogen-bond donors (Lipinski definition) is 1. The van der Waals surface area contributed by atoms with Gasteiger partial charge in [-0.25, -0.2) is 8.42 Å². The van der Waals surface area contributed by atoms with Gasteiger partial charge in [-0.15, -0.1) is 11.3 Å². The SMILES string of the molecule is CC1CC(C)C(S(=O)(=O)c2ccc(CNC(=O)c3cc4ccncc4s3)cc2)CC1C. The monoisotopic (exact) mass is 456 g/mol. The lowest BCUT2D eigenvalue weighted by Gasteiger charge is -2.36. The number of aromatic nitrogens is 1. The normalized spacial score (nSPS) is 24.2. The van der Waals surface area contributed by atoms with Crippen LogP contribution in [0.1, 0.15) is 48.8 Å². The van der Waals surface area contributed by atoms with Gasteiger partial charge in [0, 0.05) is 18.9 Å². The number of benzene rings is 1. The van der Waals surface area contributed by atoms with Crippen molar-refractivity contribution in [3.63, 3.8) is 0 Å². The zero-order valence-electron chi connectivity index (χ0n) is 18.0. The molecule has 1 aliphatic carbocycles. The van der Waals surface area contributed by atoms with Crippen molar-refractivity contribution in [1.29, 1.82) is 0 Å². The minimum Gasteiger partial charge on any atom is -0.347 e. The third kappa shape index (κ3) is 4.53. The van der Waals surface area contributed by atoms with Crippen molar-refractivity contribution < 1.29 is 13.2 Å². The highest BCUT2D eigenvalue weighted by Gasteiger charge is 2.39. The molecule has 1 saturated carbocycles. The second kappa shape index (κ2) is 8.71. The second-order valence-corrected chi connectivity index (χ2v) is 12.1. The predicted molar refractivity (Wildman–Crippen MR) is 125 cm³/mol. The Morgan fingerprint density at radius 1 is 1.06 bits per heavy atom. The smallest absolute Gasteiger partial charge is 0.261 e. The van der Waals surface area contributed by atoms with Gasteiger partial charge in [-0.05, 0) is 65.8 Å². The number of nitrogens with one attached hydrogen (secondary N) is 1. The van der Waals surface area contributed by atoms with Crippen LogP contribution >= 0.6 is 11.3 Å². The number of nitrogens with zero attached hydrogens (tertiary/aromatic N) is 1. The summed E-state index contributed by atoms with van der Waals surface area (Å²) in [6.07, 6.45) is 5.13. The zero-order chi connectivity index (χ0) is 22.2. The van der Waals surface area contributed by atoms with Crippen LogP contribution in [0.4, 0.5) is 0 Å². The van der Waals surface area contributed by atoms with Gasteiger partial charge >= 0.3 is 0 Å². The summed E-state index contributed by atoms with van der Waals surface area (Å²) >= 11 is 1.41. The molecule has 2 aromatic heterocycles. The van der Waals surface area contributed by atoms with Crippen molar-refractivity contribution in [3.05, 3.63) is 59.2 Å². The molecule has 5 nitrogen and oxygen atoms in total. The van der Waals surface area contributed by atoms with Crippen molar-refractivity contribution in [1.82, 2.24) is 10.3 Å². The average molecular weight is 457 g/mol. The van der Waals surface area contributed by atoms with E-state index < -0.39 is 9.84 Å². The molecule has 1 N–H and O–H groups in total. The van der Waals surface area contributed by atoms with E-state index in [-0.39, 0.29) is 17.1 Å². The quantitative estimate of drug-likeness (QED) is 0.581. The first-order valence-electron chi connectivity index (χ1n) is 10.7. The van der Waals surface area contributed by atoms with E-state index in [0.29, 0.717) is 34.6 Å². The van der Waals surface area contributed by atoms with E-state index in [0.717, 1.165) is 22.1 Å². The summed E-state index contributed by atoms with van der Waals surface area (Å²) < 4.78 is 27.4. The highest BCUT2D eigenvalue weighted by molar-refractivity contribution is 7.92. The molecule has 164 valence electrons. The summed E-state index contributed by atoms with van der Waals surface area (Å²) in [6.45, 7) is 6.76. The Morgan fingerprint density at radius 2 is 1.77 bits per heavy atom. The molecule has 2 heterocycles. The molecule has 0 aliphatic heterocycles. The first-order valence-corrected chi connectivity index (χ1v) is 13.1. The fourth-order valence-corrected chi connectivity index (χ4v) is 7.56. The maximum Gasteiger partial charge on any atom is 0.261 e. The van der Waals surface area contributed by atoms with E-state index in [1.54, 1.807) is 36.7 Å². The Bertz CT molecular complexity index is 1150. The highest BCUT2D eigenvalue weighted by Crippen LogP contribution is 2.39. The van der Waals surface area contributed by atoms with Crippen molar-refractivity contribution in [2.24, 2.45) is 17.8 Å². The maximum atomic E-state index is 13.2. The van der Waals surface area contributed by atoms with Crippen molar-refractivity contribution >= 4 is 37.2 Å². The fraction of sp³-hybridized carbons (Fsp3) is 0.417. The van der Waals surface area contributed by atoms with E-state index in [1.807, 2.05) is 12.1 Å². The van der Waals surface area contributed by atoms with E-state index in [4.69, 9.17) is 0 Å². The average Bonchev–Trinajstić information content (AvgIpc) is 3.19. The molecule has 0 bridgehead atoms. The van der Waals surface area contributed by atoms with Crippen LogP contribution < -0.4 is 5.32 Å². The minimum atomic E-state index is -3.37. The topological polar surface area (TPSA) is 76.1 Å². The van der Waals surface area contributed by atoms with Crippen LogP contribution in [0.5, 0.6) is 0 Å². The zero-order valence-corrected chi connectivity index (χ0v) is 19.7. The van der Waals surface area contributed by atoms with Crippen LogP contribution in [-0.2, 0) is 16.4 Å². The number of sulfone groups is 1. The Kier molecular flexibility index (Phi) is 6.17. The molecule has 0 saturated heterocycles. The summed E-state index contributed by atoms with van der Waals surface area (Å²) in [5.74, 6) is 0.989. The van der Waals surface area contributed by atoms with Gasteiger partial charge in [0.1, 0.15) is 0 Å². The van der Waals surface area contributed by atoms with E-state index >= 15 is 0 Å². The summed E-state index contributed by atoms with van der Waals surface area (Å²) in [5.41, 5.74) is 0.869. The number of carbonyl (C=O) groups is 1. The number of pyridine rings is 1. The molecule has 0 radical (unpaired) electrons. The van der Waals surface area contributed by atoms with Gasteiger partial charge in [-0.1, -0.05) is 32.9 Å².